The molecule has 2 rings (SSSR count). The first-order valence-electron chi connectivity index (χ1n) is 7.65. The molecule has 2 aliphatic heterocycles. The van der Waals surface area contributed by atoms with Crippen molar-refractivity contribution in [2.45, 2.75) is 52.7 Å². The Morgan fingerprint density at radius 3 is 2.37 bits per heavy atom. The van der Waals surface area contributed by atoms with Crippen molar-refractivity contribution in [1.82, 2.24) is 10.2 Å². The van der Waals surface area contributed by atoms with Crippen LogP contribution in [-0.4, -0.2) is 41.1 Å². The van der Waals surface area contributed by atoms with Gasteiger partial charge in [-0.05, 0) is 42.1 Å². The number of rotatable bonds is 4. The number of nitrogens with one attached hydrogen (secondary N) is 1. The molecule has 0 saturated carbocycles. The summed E-state index contributed by atoms with van der Waals surface area (Å²) < 4.78 is 0. The topological polar surface area (TPSA) is 32.3 Å². The Kier molecular flexibility index (Phi) is 5.18. The van der Waals surface area contributed by atoms with Crippen molar-refractivity contribution in [1.29, 1.82) is 0 Å². The summed E-state index contributed by atoms with van der Waals surface area (Å²) in [6, 6.07) is 0.0189. The SMILES string of the molecule is CC(C)C1NC(C(C)C)N(CC2CCSCC2)C1=O. The van der Waals surface area contributed by atoms with E-state index in [4.69, 9.17) is 0 Å². The Hall–Kier alpha value is -0.220. The third kappa shape index (κ3) is 3.46. The molecule has 2 heterocycles. The highest BCUT2D eigenvalue weighted by molar-refractivity contribution is 7.99. The molecule has 2 unspecified atom stereocenters. The number of hydrogen-bond donors (Lipinski definition) is 1. The molecule has 0 radical (unpaired) electrons. The second-order valence-electron chi connectivity index (χ2n) is 6.62. The maximum Gasteiger partial charge on any atom is 0.241 e. The summed E-state index contributed by atoms with van der Waals surface area (Å²) in [5.41, 5.74) is 0. The van der Waals surface area contributed by atoms with Crippen LogP contribution in [0.5, 0.6) is 0 Å². The first-order valence-corrected chi connectivity index (χ1v) is 8.80. The molecule has 2 aliphatic rings. The quantitative estimate of drug-likeness (QED) is 0.861. The van der Waals surface area contributed by atoms with Crippen LogP contribution in [0.4, 0.5) is 0 Å². The van der Waals surface area contributed by atoms with Crippen LogP contribution >= 0.6 is 11.8 Å². The van der Waals surface area contributed by atoms with Gasteiger partial charge in [-0.2, -0.15) is 11.8 Å². The van der Waals surface area contributed by atoms with Crippen molar-refractivity contribution in [3.05, 3.63) is 0 Å². The molecular formula is C15H28N2OS. The molecule has 0 aromatic carbocycles. The second kappa shape index (κ2) is 6.49. The Balaban J connectivity index is 2.04. The number of amides is 1. The molecule has 110 valence electrons. The van der Waals surface area contributed by atoms with Gasteiger partial charge in [0.15, 0.2) is 0 Å². The minimum Gasteiger partial charge on any atom is -0.325 e. The molecule has 0 bridgehead atoms. The minimum absolute atomic E-state index is 0.0189. The van der Waals surface area contributed by atoms with E-state index in [1.165, 1.54) is 24.3 Å². The van der Waals surface area contributed by atoms with E-state index < -0.39 is 0 Å². The van der Waals surface area contributed by atoms with Crippen molar-refractivity contribution in [3.63, 3.8) is 0 Å². The highest BCUT2D eigenvalue weighted by Gasteiger charge is 2.42. The van der Waals surface area contributed by atoms with Gasteiger partial charge in [-0.25, -0.2) is 0 Å². The van der Waals surface area contributed by atoms with Gasteiger partial charge in [0.05, 0.1) is 12.2 Å². The number of hydrogen-bond acceptors (Lipinski definition) is 3. The Morgan fingerprint density at radius 1 is 1.21 bits per heavy atom. The van der Waals surface area contributed by atoms with Crippen molar-refractivity contribution < 1.29 is 4.79 Å². The average molecular weight is 284 g/mol. The van der Waals surface area contributed by atoms with Crippen molar-refractivity contribution in [3.8, 4) is 0 Å². The van der Waals surface area contributed by atoms with Crippen LogP contribution in [0.3, 0.4) is 0 Å². The molecule has 19 heavy (non-hydrogen) atoms. The van der Waals surface area contributed by atoms with Crippen LogP contribution in [0, 0.1) is 17.8 Å². The van der Waals surface area contributed by atoms with E-state index in [1.54, 1.807) is 0 Å². The Bertz CT molecular complexity index is 313. The number of carbonyl (C=O) groups is 1. The number of nitrogens with zero attached hydrogens (tertiary/aromatic N) is 1. The second-order valence-corrected chi connectivity index (χ2v) is 7.85. The van der Waals surface area contributed by atoms with E-state index in [0.29, 0.717) is 23.7 Å². The summed E-state index contributed by atoms with van der Waals surface area (Å²) in [6.45, 7) is 9.63. The molecular weight excluding hydrogens is 256 g/mol. The molecule has 0 aromatic heterocycles. The van der Waals surface area contributed by atoms with Gasteiger partial charge in [0.25, 0.3) is 0 Å². The lowest BCUT2D eigenvalue weighted by Crippen LogP contribution is -2.44. The predicted molar refractivity (Wildman–Crippen MR) is 82.1 cm³/mol. The fraction of sp³-hybridized carbons (Fsp3) is 0.933. The zero-order valence-corrected chi connectivity index (χ0v) is 13.5. The van der Waals surface area contributed by atoms with E-state index >= 15 is 0 Å². The van der Waals surface area contributed by atoms with Crippen LogP contribution in [0.1, 0.15) is 40.5 Å². The summed E-state index contributed by atoms with van der Waals surface area (Å²) in [5, 5.41) is 3.55. The van der Waals surface area contributed by atoms with Crippen molar-refractivity contribution in [2.75, 3.05) is 18.1 Å². The van der Waals surface area contributed by atoms with E-state index in [9.17, 15) is 4.79 Å². The van der Waals surface area contributed by atoms with Crippen LogP contribution in [0.2, 0.25) is 0 Å². The summed E-state index contributed by atoms with van der Waals surface area (Å²) in [7, 11) is 0. The van der Waals surface area contributed by atoms with Gasteiger partial charge in [-0.15, -0.1) is 0 Å². The Labute approximate surface area is 121 Å². The Morgan fingerprint density at radius 2 is 1.84 bits per heavy atom. The fourth-order valence-corrected chi connectivity index (χ4v) is 4.31. The van der Waals surface area contributed by atoms with E-state index in [-0.39, 0.29) is 12.2 Å². The zero-order valence-electron chi connectivity index (χ0n) is 12.7. The maximum absolute atomic E-state index is 12.6. The summed E-state index contributed by atoms with van der Waals surface area (Å²) in [5.74, 6) is 4.41. The lowest BCUT2D eigenvalue weighted by Gasteiger charge is -2.32. The fourth-order valence-electron chi connectivity index (χ4n) is 3.10. The molecule has 3 nitrogen and oxygen atoms in total. The first kappa shape index (κ1) is 15.2. The maximum atomic E-state index is 12.6. The summed E-state index contributed by atoms with van der Waals surface area (Å²) >= 11 is 2.05. The molecule has 4 heteroatoms. The van der Waals surface area contributed by atoms with Gasteiger partial charge >= 0.3 is 0 Å². The van der Waals surface area contributed by atoms with Gasteiger partial charge in [0.2, 0.25) is 5.91 Å². The number of carbonyl (C=O) groups excluding carboxylic acids is 1. The normalized spacial score (nSPS) is 29.8. The van der Waals surface area contributed by atoms with Gasteiger partial charge in [0.1, 0.15) is 0 Å². The van der Waals surface area contributed by atoms with E-state index in [1.807, 2.05) is 0 Å². The average Bonchev–Trinajstić information content (AvgIpc) is 2.69. The molecule has 1 N–H and O–H groups in total. The lowest BCUT2D eigenvalue weighted by molar-refractivity contribution is -0.131. The van der Waals surface area contributed by atoms with E-state index in [2.05, 4.69) is 49.7 Å². The molecule has 1 amide bonds. The third-order valence-corrected chi connectivity index (χ3v) is 5.38. The van der Waals surface area contributed by atoms with Crippen LogP contribution in [0.15, 0.2) is 0 Å². The largest absolute Gasteiger partial charge is 0.325 e. The molecule has 2 fully saturated rings. The zero-order chi connectivity index (χ0) is 14.0. The molecule has 0 spiro atoms. The minimum atomic E-state index is 0.0189. The van der Waals surface area contributed by atoms with Crippen LogP contribution in [0.25, 0.3) is 0 Å². The lowest BCUT2D eigenvalue weighted by atomic mass is 10.0. The van der Waals surface area contributed by atoms with Gasteiger partial charge < -0.3 is 4.90 Å². The molecule has 0 aliphatic carbocycles. The molecule has 0 aromatic rings. The highest BCUT2D eigenvalue weighted by atomic mass is 32.2. The molecule has 2 atom stereocenters. The highest BCUT2D eigenvalue weighted by Crippen LogP contribution is 2.28. The number of thioether (sulfide) groups is 1. The summed E-state index contributed by atoms with van der Waals surface area (Å²) in [4.78, 5) is 14.7. The van der Waals surface area contributed by atoms with Gasteiger partial charge in [-0.1, -0.05) is 27.7 Å². The van der Waals surface area contributed by atoms with Crippen LogP contribution < -0.4 is 5.32 Å². The monoisotopic (exact) mass is 284 g/mol. The van der Waals surface area contributed by atoms with Crippen molar-refractivity contribution in [2.24, 2.45) is 17.8 Å². The molecule has 2 saturated heterocycles. The first-order chi connectivity index (χ1) is 9.00. The van der Waals surface area contributed by atoms with Crippen LogP contribution in [-0.2, 0) is 4.79 Å². The van der Waals surface area contributed by atoms with E-state index in [0.717, 1.165) is 6.54 Å². The van der Waals surface area contributed by atoms with Crippen molar-refractivity contribution >= 4 is 17.7 Å². The van der Waals surface area contributed by atoms with Gasteiger partial charge in [-0.3, -0.25) is 10.1 Å². The standard InChI is InChI=1S/C15H28N2OS/c1-10(2)13-15(18)17(14(16-13)11(3)4)9-12-5-7-19-8-6-12/h10-14,16H,5-9H2,1-4H3. The van der Waals surface area contributed by atoms with Gasteiger partial charge in [0, 0.05) is 6.54 Å². The smallest absolute Gasteiger partial charge is 0.241 e. The summed E-state index contributed by atoms with van der Waals surface area (Å²) in [6.07, 6.45) is 2.77. The third-order valence-electron chi connectivity index (χ3n) is 4.33. The predicted octanol–water partition coefficient (Wildman–Crippen LogP) is 2.57.